The van der Waals surface area contributed by atoms with Crippen LogP contribution in [0, 0.1) is 0 Å². The number of aliphatic hydroxyl groups is 2. The van der Waals surface area contributed by atoms with Gasteiger partial charge in [-0.1, -0.05) is 0 Å². The average molecular weight is 754 g/mol. The molecule has 26 heteroatoms. The molecule has 2 unspecified atom stereocenters. The second-order valence-corrected chi connectivity index (χ2v) is 10.5. The molecule has 0 saturated carbocycles. The summed E-state index contributed by atoms with van der Waals surface area (Å²) in [5, 5.41) is 19.5. The van der Waals surface area contributed by atoms with Crippen molar-refractivity contribution in [3.8, 4) is 0 Å². The standard InChI is InChI=1S/C21H24F22N2O2/c1-44(2)4-3-5-45(8-10(46)6-12(22,23)14(26,27)16(30,31)18(34,35)20(38,39)40)9-11(47)7-13(24,25)15(28,29)17(32,33)19(36,37)21(41,42)43/h10-11,46-47H,3-9H2,1-2H3. The molecule has 0 radical (unpaired) electrons. The van der Waals surface area contributed by atoms with Crippen molar-refractivity contribution in [2.75, 3.05) is 40.3 Å². The van der Waals surface area contributed by atoms with Crippen LogP contribution in [-0.4, -0.2) is 132 Å². The van der Waals surface area contributed by atoms with Crippen LogP contribution in [0.15, 0.2) is 0 Å². The largest absolute Gasteiger partial charge is 0.460 e. The van der Waals surface area contributed by atoms with Crippen molar-refractivity contribution in [3.05, 3.63) is 0 Å². The molecule has 0 amide bonds. The van der Waals surface area contributed by atoms with E-state index < -0.39 is 104 Å². The monoisotopic (exact) mass is 754 g/mol. The Morgan fingerprint density at radius 3 is 0.936 bits per heavy atom. The minimum absolute atomic E-state index is 0.122. The van der Waals surface area contributed by atoms with Crippen LogP contribution in [0.1, 0.15) is 19.3 Å². The molecule has 0 aliphatic carbocycles. The molecule has 0 aliphatic heterocycles. The summed E-state index contributed by atoms with van der Waals surface area (Å²) in [6.45, 7) is -4.42. The fourth-order valence-corrected chi connectivity index (χ4v) is 3.65. The molecule has 284 valence electrons. The number of aliphatic hydroxyl groups excluding tert-OH is 2. The second-order valence-electron chi connectivity index (χ2n) is 10.5. The Bertz CT molecular complexity index is 938. The molecular formula is C21H24F22N2O2. The zero-order chi connectivity index (χ0) is 38.3. The number of nitrogens with zero attached hydrogens (tertiary/aromatic N) is 2. The normalized spacial score (nSPS) is 17.1. The molecule has 0 saturated heterocycles. The van der Waals surface area contributed by atoms with Crippen molar-refractivity contribution in [2.24, 2.45) is 0 Å². The van der Waals surface area contributed by atoms with E-state index >= 15 is 0 Å². The number of hydrogen-bond donors (Lipinski definition) is 2. The molecule has 0 aromatic carbocycles. The summed E-state index contributed by atoms with van der Waals surface area (Å²) in [6, 6.07) is 0. The Hall–Kier alpha value is -1.70. The van der Waals surface area contributed by atoms with Gasteiger partial charge in [-0.05, 0) is 33.6 Å². The Morgan fingerprint density at radius 2 is 0.702 bits per heavy atom. The molecule has 2 atom stereocenters. The predicted octanol–water partition coefficient (Wildman–Crippen LogP) is 6.95. The van der Waals surface area contributed by atoms with Gasteiger partial charge in [0.25, 0.3) is 0 Å². The Morgan fingerprint density at radius 1 is 0.426 bits per heavy atom. The van der Waals surface area contributed by atoms with Gasteiger partial charge in [0.1, 0.15) is 0 Å². The zero-order valence-corrected chi connectivity index (χ0v) is 23.2. The summed E-state index contributed by atoms with van der Waals surface area (Å²) in [4.78, 5) is 1.45. The Balaban J connectivity index is 6.18. The van der Waals surface area contributed by atoms with Gasteiger partial charge in [-0.25, -0.2) is 0 Å². The summed E-state index contributed by atoms with van der Waals surface area (Å²) >= 11 is 0. The van der Waals surface area contributed by atoms with Gasteiger partial charge in [0.15, 0.2) is 0 Å². The van der Waals surface area contributed by atoms with Crippen LogP contribution >= 0.6 is 0 Å². The van der Waals surface area contributed by atoms with Crippen LogP contribution in [0.25, 0.3) is 0 Å². The van der Waals surface area contributed by atoms with E-state index in [2.05, 4.69) is 0 Å². The molecule has 0 aliphatic rings. The molecule has 2 N–H and O–H groups in total. The molecule has 0 aromatic rings. The van der Waals surface area contributed by atoms with Gasteiger partial charge < -0.3 is 15.1 Å². The number of alkyl halides is 22. The Labute approximate surface area is 249 Å². The van der Waals surface area contributed by atoms with Gasteiger partial charge in [-0.3, -0.25) is 4.90 Å². The van der Waals surface area contributed by atoms with Crippen molar-refractivity contribution in [3.63, 3.8) is 0 Å². The maximum Gasteiger partial charge on any atom is 0.460 e. The van der Waals surface area contributed by atoms with Gasteiger partial charge in [0, 0.05) is 25.9 Å². The first-order valence-electron chi connectivity index (χ1n) is 12.2. The van der Waals surface area contributed by atoms with E-state index in [4.69, 9.17) is 0 Å². The smallest absolute Gasteiger partial charge is 0.392 e. The zero-order valence-electron chi connectivity index (χ0n) is 23.2. The van der Waals surface area contributed by atoms with Crippen molar-refractivity contribution >= 4 is 0 Å². The molecule has 47 heavy (non-hydrogen) atoms. The highest BCUT2D eigenvalue weighted by Crippen LogP contribution is 2.59. The third-order valence-electron chi connectivity index (χ3n) is 6.21. The van der Waals surface area contributed by atoms with Crippen LogP contribution in [0.4, 0.5) is 96.6 Å². The summed E-state index contributed by atoms with van der Waals surface area (Å²) in [5.41, 5.74) is 0. The molecule has 0 heterocycles. The molecule has 0 fully saturated rings. The first-order chi connectivity index (χ1) is 20.3. The SMILES string of the molecule is CN(C)CCCN(CC(O)CC(F)(F)C(F)(F)C(F)(F)C(F)(F)C(F)(F)F)CC(O)CC(F)(F)C(F)(F)C(F)(F)C(F)(F)C(F)(F)F. The lowest BCUT2D eigenvalue weighted by molar-refractivity contribution is -0.423. The van der Waals surface area contributed by atoms with Gasteiger partial charge in [0.05, 0.1) is 12.2 Å². The fraction of sp³-hybridized carbons (Fsp3) is 1.00. The van der Waals surface area contributed by atoms with Crippen LogP contribution in [0.2, 0.25) is 0 Å². The summed E-state index contributed by atoms with van der Waals surface area (Å²) in [6.07, 6.45) is -28.1. The lowest BCUT2D eigenvalue weighted by atomic mass is 9.93. The van der Waals surface area contributed by atoms with Gasteiger partial charge in [-0.2, -0.15) is 96.6 Å². The number of hydrogen-bond acceptors (Lipinski definition) is 4. The topological polar surface area (TPSA) is 46.9 Å². The van der Waals surface area contributed by atoms with E-state index in [1.165, 1.54) is 19.0 Å². The first-order valence-corrected chi connectivity index (χ1v) is 12.2. The highest BCUT2D eigenvalue weighted by molar-refractivity contribution is 5.08. The molecular weight excluding hydrogens is 730 g/mol. The lowest BCUT2D eigenvalue weighted by Crippen LogP contribution is -2.67. The highest BCUT2D eigenvalue weighted by Gasteiger charge is 2.88. The van der Waals surface area contributed by atoms with Crippen molar-refractivity contribution < 1.29 is 107 Å². The maximum atomic E-state index is 14.0. The molecule has 4 nitrogen and oxygen atoms in total. The molecule has 0 rings (SSSR count). The number of rotatable bonds is 18. The van der Waals surface area contributed by atoms with Crippen LogP contribution in [-0.2, 0) is 0 Å². The van der Waals surface area contributed by atoms with E-state index in [1.807, 2.05) is 0 Å². The molecule has 0 spiro atoms. The maximum absolute atomic E-state index is 14.0. The van der Waals surface area contributed by atoms with E-state index in [0.717, 1.165) is 0 Å². The fourth-order valence-electron chi connectivity index (χ4n) is 3.65. The van der Waals surface area contributed by atoms with Crippen LogP contribution < -0.4 is 0 Å². The van der Waals surface area contributed by atoms with E-state index in [9.17, 15) is 107 Å². The summed E-state index contributed by atoms with van der Waals surface area (Å²) in [7, 11) is 2.65. The highest BCUT2D eigenvalue weighted by atomic mass is 19.4. The van der Waals surface area contributed by atoms with Crippen LogP contribution in [0.3, 0.4) is 0 Å². The van der Waals surface area contributed by atoms with E-state index in [1.54, 1.807) is 0 Å². The lowest BCUT2D eigenvalue weighted by Gasteiger charge is -2.39. The summed E-state index contributed by atoms with van der Waals surface area (Å²) in [5.74, 6) is -59.7. The van der Waals surface area contributed by atoms with Crippen LogP contribution in [0.5, 0.6) is 0 Å². The third kappa shape index (κ3) is 8.91. The van der Waals surface area contributed by atoms with Gasteiger partial charge >= 0.3 is 59.7 Å². The quantitative estimate of drug-likeness (QED) is 0.149. The molecule has 0 aromatic heterocycles. The van der Waals surface area contributed by atoms with Gasteiger partial charge in [0.2, 0.25) is 0 Å². The van der Waals surface area contributed by atoms with Crippen molar-refractivity contribution in [1.29, 1.82) is 0 Å². The number of halogens is 22. The minimum Gasteiger partial charge on any atom is -0.392 e. The minimum atomic E-state index is -7.87. The van der Waals surface area contributed by atoms with Crippen molar-refractivity contribution in [2.45, 2.75) is 91.2 Å². The van der Waals surface area contributed by atoms with Gasteiger partial charge in [-0.15, -0.1) is 0 Å². The predicted molar refractivity (Wildman–Crippen MR) is 113 cm³/mol. The average Bonchev–Trinajstić information content (AvgIpc) is 2.80. The van der Waals surface area contributed by atoms with Crippen molar-refractivity contribution in [1.82, 2.24) is 9.80 Å². The van der Waals surface area contributed by atoms with E-state index in [-0.39, 0.29) is 17.9 Å². The summed E-state index contributed by atoms with van der Waals surface area (Å²) < 4.78 is 290. The molecule has 0 bridgehead atoms. The third-order valence-corrected chi connectivity index (χ3v) is 6.21. The van der Waals surface area contributed by atoms with E-state index in [0.29, 0.717) is 0 Å². The second kappa shape index (κ2) is 13.9. The Kier molecular flexibility index (Phi) is 13.4. The first kappa shape index (κ1) is 45.3.